The standard InChI is InChI=1S/C33H36ClN3O9S/c1-7-30(38)46-22-17-26(31(39)35(2)3)36(19-22)33(23-10-8-9-11-27(23)44-5)24-16-20(34)12-14-25(24)37(32(33)40)47(41,42)29-15-13-21(43-4)18-28(29)45-6/h8-16,18,22,26H,7,17,19H2,1-6H3/t22?,26?,33-/m0/s1. The third-order valence-corrected chi connectivity index (χ3v) is 10.4. The van der Waals surface area contributed by atoms with Crippen LogP contribution < -0.4 is 18.5 Å². The molecule has 0 radical (unpaired) electrons. The monoisotopic (exact) mass is 685 g/mol. The second-order valence-corrected chi connectivity index (χ2v) is 13.5. The molecule has 3 aromatic carbocycles. The Bertz CT molecular complexity index is 1830. The van der Waals surface area contributed by atoms with Crippen LogP contribution in [-0.4, -0.2) is 90.1 Å². The Hall–Kier alpha value is -4.33. The van der Waals surface area contributed by atoms with Gasteiger partial charge in [-0.15, -0.1) is 0 Å². The molecule has 2 unspecified atom stereocenters. The van der Waals surface area contributed by atoms with E-state index in [9.17, 15) is 18.0 Å². The van der Waals surface area contributed by atoms with Crippen LogP contribution in [0.3, 0.4) is 0 Å². The molecule has 0 bridgehead atoms. The summed E-state index contributed by atoms with van der Waals surface area (Å²) in [6, 6.07) is 14.3. The first-order valence-electron chi connectivity index (χ1n) is 14.8. The number of fused-ring (bicyclic) bond motifs is 1. The summed E-state index contributed by atoms with van der Waals surface area (Å²) >= 11 is 6.58. The van der Waals surface area contributed by atoms with Crippen LogP contribution in [0, 0.1) is 0 Å². The summed E-state index contributed by atoms with van der Waals surface area (Å²) in [4.78, 5) is 44.5. The van der Waals surface area contributed by atoms with Crippen molar-refractivity contribution in [2.24, 2.45) is 0 Å². The average Bonchev–Trinajstić information content (AvgIpc) is 3.59. The number of anilines is 1. The molecule has 0 N–H and O–H groups in total. The van der Waals surface area contributed by atoms with E-state index in [1.54, 1.807) is 50.2 Å². The fraction of sp³-hybridized carbons (Fsp3) is 0.364. The van der Waals surface area contributed by atoms with Crippen LogP contribution in [0.2, 0.25) is 5.02 Å². The molecule has 3 aromatic rings. The first-order chi connectivity index (χ1) is 22.4. The van der Waals surface area contributed by atoms with Gasteiger partial charge in [0.2, 0.25) is 5.91 Å². The highest BCUT2D eigenvalue weighted by molar-refractivity contribution is 7.93. The van der Waals surface area contributed by atoms with Gasteiger partial charge in [-0.25, -0.2) is 12.7 Å². The number of ether oxygens (including phenoxy) is 4. The molecule has 2 aliphatic rings. The van der Waals surface area contributed by atoms with Crippen molar-refractivity contribution in [1.82, 2.24) is 9.80 Å². The molecule has 2 amide bonds. The maximum atomic E-state index is 15.4. The van der Waals surface area contributed by atoms with Crippen molar-refractivity contribution in [1.29, 1.82) is 0 Å². The summed E-state index contributed by atoms with van der Waals surface area (Å²) in [7, 11) is 2.64. The van der Waals surface area contributed by atoms with Crippen LogP contribution in [0.1, 0.15) is 30.9 Å². The van der Waals surface area contributed by atoms with Crippen LogP contribution >= 0.6 is 11.6 Å². The highest BCUT2D eigenvalue weighted by atomic mass is 35.5. The normalized spacial score (nSPS) is 20.9. The van der Waals surface area contributed by atoms with Crippen LogP contribution in [0.5, 0.6) is 17.2 Å². The number of para-hydroxylation sites is 1. The first kappa shape index (κ1) is 34.0. The number of carbonyl (C=O) groups excluding carboxylic acids is 3. The molecule has 47 heavy (non-hydrogen) atoms. The van der Waals surface area contributed by atoms with Gasteiger partial charge in [-0.2, -0.15) is 0 Å². The molecule has 14 heteroatoms. The third-order valence-electron chi connectivity index (χ3n) is 8.45. The van der Waals surface area contributed by atoms with Gasteiger partial charge in [0.05, 0.1) is 33.1 Å². The number of rotatable bonds is 10. The Morgan fingerprint density at radius 1 is 0.957 bits per heavy atom. The number of benzene rings is 3. The highest BCUT2D eigenvalue weighted by Gasteiger charge is 2.64. The van der Waals surface area contributed by atoms with E-state index in [-0.39, 0.29) is 63.5 Å². The van der Waals surface area contributed by atoms with Gasteiger partial charge in [0.1, 0.15) is 28.2 Å². The maximum Gasteiger partial charge on any atom is 0.305 e. The predicted molar refractivity (Wildman–Crippen MR) is 173 cm³/mol. The zero-order valence-electron chi connectivity index (χ0n) is 26.9. The lowest BCUT2D eigenvalue weighted by Gasteiger charge is -2.42. The number of hydrogen-bond acceptors (Lipinski definition) is 10. The number of halogens is 1. The Labute approximate surface area is 278 Å². The van der Waals surface area contributed by atoms with Crippen molar-refractivity contribution in [2.45, 2.75) is 42.3 Å². The lowest BCUT2D eigenvalue weighted by atomic mass is 9.80. The van der Waals surface area contributed by atoms with Crippen LogP contribution in [0.15, 0.2) is 65.6 Å². The predicted octanol–water partition coefficient (Wildman–Crippen LogP) is 3.83. The molecule has 2 heterocycles. The Morgan fingerprint density at radius 2 is 1.66 bits per heavy atom. The van der Waals surface area contributed by atoms with Crippen molar-refractivity contribution >= 4 is 45.1 Å². The van der Waals surface area contributed by atoms with E-state index in [1.807, 2.05) is 0 Å². The number of sulfonamides is 1. The summed E-state index contributed by atoms with van der Waals surface area (Å²) in [5, 5.41) is 0.223. The smallest absolute Gasteiger partial charge is 0.305 e. The summed E-state index contributed by atoms with van der Waals surface area (Å²) in [5.74, 6) is -1.19. The number of likely N-dealkylation sites (tertiary alicyclic amines) is 1. The van der Waals surface area contributed by atoms with E-state index < -0.39 is 39.6 Å². The zero-order chi connectivity index (χ0) is 34.3. The van der Waals surface area contributed by atoms with Gasteiger partial charge in [0, 0.05) is 55.7 Å². The number of amides is 2. The molecule has 0 spiro atoms. The van der Waals surface area contributed by atoms with Crippen molar-refractivity contribution in [3.8, 4) is 17.2 Å². The number of likely N-dealkylation sites (N-methyl/N-ethyl adjacent to an activating group) is 1. The molecule has 5 rings (SSSR count). The number of carbonyl (C=O) groups is 3. The lowest BCUT2D eigenvalue weighted by Crippen LogP contribution is -2.59. The quantitative estimate of drug-likeness (QED) is 0.290. The average molecular weight is 686 g/mol. The highest BCUT2D eigenvalue weighted by Crippen LogP contribution is 2.55. The van der Waals surface area contributed by atoms with E-state index in [0.29, 0.717) is 5.75 Å². The third kappa shape index (κ3) is 5.55. The summed E-state index contributed by atoms with van der Waals surface area (Å²) < 4.78 is 52.3. The largest absolute Gasteiger partial charge is 0.497 e. The van der Waals surface area contributed by atoms with Crippen molar-refractivity contribution < 1.29 is 41.7 Å². The fourth-order valence-electron chi connectivity index (χ4n) is 6.36. The molecular weight excluding hydrogens is 650 g/mol. The van der Waals surface area contributed by atoms with Crippen molar-refractivity contribution in [3.05, 3.63) is 76.8 Å². The van der Waals surface area contributed by atoms with E-state index in [2.05, 4.69) is 0 Å². The second kappa shape index (κ2) is 13.1. The van der Waals surface area contributed by atoms with E-state index in [0.717, 1.165) is 4.31 Å². The number of nitrogens with zero attached hydrogens (tertiary/aromatic N) is 3. The number of methoxy groups -OCH3 is 3. The Balaban J connectivity index is 1.85. The molecule has 2 aliphatic heterocycles. The van der Waals surface area contributed by atoms with Crippen LogP contribution in [0.4, 0.5) is 5.69 Å². The zero-order valence-corrected chi connectivity index (χ0v) is 28.4. The summed E-state index contributed by atoms with van der Waals surface area (Å²) in [6.45, 7) is 1.58. The van der Waals surface area contributed by atoms with Gasteiger partial charge in [-0.3, -0.25) is 19.3 Å². The number of esters is 1. The fourth-order valence-corrected chi connectivity index (χ4v) is 8.14. The first-order valence-corrected chi connectivity index (χ1v) is 16.6. The molecule has 0 saturated carbocycles. The van der Waals surface area contributed by atoms with Gasteiger partial charge in [0.25, 0.3) is 15.9 Å². The maximum absolute atomic E-state index is 15.4. The molecular formula is C33H36ClN3O9S. The van der Waals surface area contributed by atoms with Crippen LogP contribution in [-0.2, 0) is 34.7 Å². The van der Waals surface area contributed by atoms with Gasteiger partial charge in [-0.05, 0) is 36.4 Å². The molecule has 3 atom stereocenters. The molecule has 250 valence electrons. The Morgan fingerprint density at radius 3 is 2.30 bits per heavy atom. The minimum absolute atomic E-state index is 0.0215. The summed E-state index contributed by atoms with van der Waals surface area (Å²) in [6.07, 6.45) is -0.624. The summed E-state index contributed by atoms with van der Waals surface area (Å²) in [5.41, 5.74) is -1.49. The Kier molecular flexibility index (Phi) is 9.45. The van der Waals surface area contributed by atoms with Crippen LogP contribution in [0.25, 0.3) is 0 Å². The molecule has 0 aromatic heterocycles. The lowest BCUT2D eigenvalue weighted by molar-refractivity contribution is -0.148. The number of hydrogen-bond donors (Lipinski definition) is 0. The van der Waals surface area contributed by atoms with Gasteiger partial charge in [-0.1, -0.05) is 36.7 Å². The van der Waals surface area contributed by atoms with E-state index in [1.165, 1.54) is 62.6 Å². The van der Waals surface area contributed by atoms with Gasteiger partial charge >= 0.3 is 5.97 Å². The van der Waals surface area contributed by atoms with Crippen molar-refractivity contribution in [3.63, 3.8) is 0 Å². The van der Waals surface area contributed by atoms with E-state index in [4.69, 9.17) is 30.5 Å². The molecule has 12 nitrogen and oxygen atoms in total. The topological polar surface area (TPSA) is 132 Å². The van der Waals surface area contributed by atoms with Gasteiger partial charge in [0.15, 0.2) is 5.54 Å². The minimum atomic E-state index is -4.69. The molecule has 0 aliphatic carbocycles. The molecule has 1 fully saturated rings. The van der Waals surface area contributed by atoms with Gasteiger partial charge < -0.3 is 23.8 Å². The van der Waals surface area contributed by atoms with Crippen molar-refractivity contribution in [2.75, 3.05) is 46.3 Å². The minimum Gasteiger partial charge on any atom is -0.497 e. The second-order valence-electron chi connectivity index (χ2n) is 11.3. The molecule has 1 saturated heterocycles. The SMILES string of the molecule is CCC(=O)OC1CC(C(=O)N(C)C)N([C@]2(c3ccccc3OC)C(=O)N(S(=O)(=O)c3ccc(OC)cc3OC)c3ccc(Cl)cc32)C1. The van der Waals surface area contributed by atoms with E-state index >= 15 is 4.79 Å².